The number of rotatable bonds is 5. The van der Waals surface area contributed by atoms with E-state index in [1.807, 2.05) is 6.92 Å². The first-order valence-corrected chi connectivity index (χ1v) is 10.5. The van der Waals surface area contributed by atoms with E-state index in [-0.39, 0.29) is 18.1 Å². The Kier molecular flexibility index (Phi) is 6.21. The van der Waals surface area contributed by atoms with E-state index in [1.54, 1.807) is 60.7 Å². The Morgan fingerprint density at radius 3 is 2.50 bits per heavy atom. The molecule has 3 aromatic rings. The Morgan fingerprint density at radius 1 is 1.06 bits per heavy atom. The Balaban J connectivity index is 1.52. The summed E-state index contributed by atoms with van der Waals surface area (Å²) in [6.07, 6.45) is 1.60. The molecular weight excluding hydrogens is 451 g/mol. The van der Waals surface area contributed by atoms with Crippen molar-refractivity contribution in [3.8, 4) is 11.5 Å². The van der Waals surface area contributed by atoms with Crippen molar-refractivity contribution in [1.29, 1.82) is 0 Å². The van der Waals surface area contributed by atoms with Crippen molar-refractivity contribution >= 4 is 41.0 Å². The van der Waals surface area contributed by atoms with E-state index in [4.69, 9.17) is 37.4 Å². The average molecular weight is 469 g/mol. The maximum Gasteiger partial charge on any atom is 0.337 e. The van der Waals surface area contributed by atoms with Gasteiger partial charge >= 0.3 is 5.97 Å². The van der Waals surface area contributed by atoms with Crippen molar-refractivity contribution in [2.75, 3.05) is 7.11 Å². The zero-order valence-corrected chi connectivity index (χ0v) is 18.8. The lowest BCUT2D eigenvalue weighted by Gasteiger charge is -2.12. The molecule has 0 spiro atoms. The molecule has 0 aliphatic carbocycles. The third-order valence-corrected chi connectivity index (χ3v) is 5.62. The predicted octanol–water partition coefficient (Wildman–Crippen LogP) is 6.28. The number of Topliss-reactive ketones (excluding diaryl/α,β-unsaturated/α-hetero) is 1. The second-order valence-electron chi connectivity index (χ2n) is 7.15. The minimum atomic E-state index is -0.391. The van der Waals surface area contributed by atoms with Gasteiger partial charge in [0.05, 0.1) is 18.2 Å². The van der Waals surface area contributed by atoms with Gasteiger partial charge < -0.3 is 14.2 Å². The Labute approximate surface area is 195 Å². The number of ether oxygens (including phenoxy) is 3. The molecule has 0 aromatic heterocycles. The van der Waals surface area contributed by atoms with Crippen LogP contribution in [0.3, 0.4) is 0 Å². The standard InChI is InChI=1S/C25H18Cl2O5/c1-14-21(31-13-15-3-5-16(6-4-15)25(29)30-2)10-9-19-23(28)22(32-24(14)19)11-17-7-8-18(26)12-20(17)27/h3-12H,13H2,1-2H3/b22-11-. The van der Waals surface area contributed by atoms with E-state index < -0.39 is 5.97 Å². The highest BCUT2D eigenvalue weighted by Crippen LogP contribution is 2.40. The fourth-order valence-electron chi connectivity index (χ4n) is 3.30. The predicted molar refractivity (Wildman–Crippen MR) is 123 cm³/mol. The SMILES string of the molecule is COC(=O)c1ccc(COc2ccc3c(c2C)O/C(=C\c2ccc(Cl)cc2Cl)C3=O)cc1. The van der Waals surface area contributed by atoms with Crippen molar-refractivity contribution < 1.29 is 23.8 Å². The Hall–Kier alpha value is -3.28. The lowest BCUT2D eigenvalue weighted by Crippen LogP contribution is -2.02. The fraction of sp³-hybridized carbons (Fsp3) is 0.120. The van der Waals surface area contributed by atoms with Gasteiger partial charge in [0.2, 0.25) is 5.78 Å². The topological polar surface area (TPSA) is 61.8 Å². The molecule has 0 atom stereocenters. The van der Waals surface area contributed by atoms with Crippen LogP contribution < -0.4 is 9.47 Å². The van der Waals surface area contributed by atoms with Crippen LogP contribution in [0.4, 0.5) is 0 Å². The molecule has 1 aliphatic rings. The summed E-state index contributed by atoms with van der Waals surface area (Å²) in [6, 6.07) is 15.4. The zero-order chi connectivity index (χ0) is 22.8. The lowest BCUT2D eigenvalue weighted by molar-refractivity contribution is 0.0600. The highest BCUT2D eigenvalue weighted by atomic mass is 35.5. The van der Waals surface area contributed by atoms with Gasteiger partial charge in [0.1, 0.15) is 18.1 Å². The van der Waals surface area contributed by atoms with Gasteiger partial charge in [-0.05, 0) is 60.5 Å². The largest absolute Gasteiger partial charge is 0.488 e. The van der Waals surface area contributed by atoms with Crippen LogP contribution in [-0.2, 0) is 11.3 Å². The second-order valence-corrected chi connectivity index (χ2v) is 7.99. The van der Waals surface area contributed by atoms with Gasteiger partial charge in [-0.15, -0.1) is 0 Å². The smallest absolute Gasteiger partial charge is 0.337 e. The summed E-state index contributed by atoms with van der Waals surface area (Å²) in [7, 11) is 1.34. The average Bonchev–Trinajstić information content (AvgIpc) is 3.11. The molecule has 0 saturated heterocycles. The monoisotopic (exact) mass is 468 g/mol. The van der Waals surface area contributed by atoms with Crippen LogP contribution in [0.1, 0.15) is 37.4 Å². The van der Waals surface area contributed by atoms with Crippen molar-refractivity contribution in [2.24, 2.45) is 0 Å². The Bertz CT molecular complexity index is 1250. The summed E-state index contributed by atoms with van der Waals surface area (Å²) >= 11 is 12.2. The highest BCUT2D eigenvalue weighted by Gasteiger charge is 2.30. The van der Waals surface area contributed by atoms with Crippen molar-refractivity contribution in [2.45, 2.75) is 13.5 Å². The summed E-state index contributed by atoms with van der Waals surface area (Å²) < 4.78 is 16.5. The molecule has 0 unspecified atom stereocenters. The maximum absolute atomic E-state index is 12.8. The van der Waals surface area contributed by atoms with E-state index in [0.717, 1.165) is 5.56 Å². The molecule has 162 valence electrons. The van der Waals surface area contributed by atoms with Gasteiger partial charge in [0.15, 0.2) is 5.76 Å². The van der Waals surface area contributed by atoms with Crippen molar-refractivity contribution in [3.05, 3.63) is 98.2 Å². The van der Waals surface area contributed by atoms with Crippen LogP contribution in [-0.4, -0.2) is 18.9 Å². The molecule has 0 radical (unpaired) electrons. The fourth-order valence-corrected chi connectivity index (χ4v) is 3.76. The summed E-state index contributed by atoms with van der Waals surface area (Å²) in [5.74, 6) is 0.628. The van der Waals surface area contributed by atoms with Crippen LogP contribution in [0.15, 0.2) is 60.4 Å². The highest BCUT2D eigenvalue weighted by molar-refractivity contribution is 6.35. The summed E-state index contributed by atoms with van der Waals surface area (Å²) in [5, 5.41) is 0.938. The molecule has 4 rings (SSSR count). The van der Waals surface area contributed by atoms with Crippen molar-refractivity contribution in [3.63, 3.8) is 0 Å². The summed E-state index contributed by atoms with van der Waals surface area (Å²) in [5.41, 5.74) is 3.17. The number of esters is 1. The van der Waals surface area contributed by atoms with Gasteiger partial charge in [-0.1, -0.05) is 41.4 Å². The van der Waals surface area contributed by atoms with Crippen LogP contribution in [0.2, 0.25) is 10.0 Å². The molecule has 1 aliphatic heterocycles. The second kappa shape index (κ2) is 9.07. The Morgan fingerprint density at radius 2 is 1.81 bits per heavy atom. The van der Waals surface area contributed by atoms with Crippen LogP contribution in [0.5, 0.6) is 11.5 Å². The first-order valence-electron chi connectivity index (χ1n) is 9.70. The zero-order valence-electron chi connectivity index (χ0n) is 17.3. The van der Waals surface area contributed by atoms with E-state index >= 15 is 0 Å². The number of carbonyl (C=O) groups is 2. The number of hydrogen-bond donors (Lipinski definition) is 0. The van der Waals surface area contributed by atoms with E-state index in [0.29, 0.717) is 43.8 Å². The quantitative estimate of drug-likeness (QED) is 0.325. The summed E-state index contributed by atoms with van der Waals surface area (Å²) in [6.45, 7) is 2.12. The van der Waals surface area contributed by atoms with Gasteiger partial charge in [-0.2, -0.15) is 0 Å². The minimum Gasteiger partial charge on any atom is -0.488 e. The van der Waals surface area contributed by atoms with E-state index in [1.165, 1.54) is 7.11 Å². The van der Waals surface area contributed by atoms with Crippen LogP contribution in [0.25, 0.3) is 6.08 Å². The molecule has 5 nitrogen and oxygen atoms in total. The van der Waals surface area contributed by atoms with Crippen LogP contribution in [0, 0.1) is 6.92 Å². The van der Waals surface area contributed by atoms with Gasteiger partial charge in [-0.25, -0.2) is 4.79 Å². The van der Waals surface area contributed by atoms with Crippen LogP contribution >= 0.6 is 23.2 Å². The van der Waals surface area contributed by atoms with Gasteiger partial charge in [0.25, 0.3) is 0 Å². The van der Waals surface area contributed by atoms with E-state index in [9.17, 15) is 9.59 Å². The van der Waals surface area contributed by atoms with Crippen molar-refractivity contribution in [1.82, 2.24) is 0 Å². The molecular formula is C25H18Cl2O5. The minimum absolute atomic E-state index is 0.183. The number of methoxy groups -OCH3 is 1. The number of fused-ring (bicyclic) bond motifs is 1. The first kappa shape index (κ1) is 21.9. The number of allylic oxidation sites excluding steroid dienone is 1. The molecule has 0 N–H and O–H groups in total. The number of benzene rings is 3. The first-order chi connectivity index (χ1) is 15.4. The molecule has 1 heterocycles. The molecule has 0 amide bonds. The van der Waals surface area contributed by atoms with Gasteiger partial charge in [0, 0.05) is 15.6 Å². The maximum atomic E-state index is 12.8. The molecule has 7 heteroatoms. The molecule has 0 bridgehead atoms. The third kappa shape index (κ3) is 4.35. The van der Waals surface area contributed by atoms with Gasteiger partial charge in [-0.3, -0.25) is 4.79 Å². The molecule has 3 aromatic carbocycles. The molecule has 0 saturated carbocycles. The summed E-state index contributed by atoms with van der Waals surface area (Å²) in [4.78, 5) is 24.3. The molecule has 32 heavy (non-hydrogen) atoms. The number of ketones is 1. The molecule has 0 fully saturated rings. The lowest BCUT2D eigenvalue weighted by atomic mass is 10.1. The normalized spacial score (nSPS) is 13.6. The number of halogens is 2. The third-order valence-electron chi connectivity index (χ3n) is 5.06. The number of carbonyl (C=O) groups excluding carboxylic acids is 2. The number of hydrogen-bond acceptors (Lipinski definition) is 5. The van der Waals surface area contributed by atoms with E-state index in [2.05, 4.69) is 0 Å².